The van der Waals surface area contributed by atoms with E-state index in [0.29, 0.717) is 22.9 Å². The maximum absolute atomic E-state index is 12.1. The second kappa shape index (κ2) is 9.20. The fourth-order valence-electron chi connectivity index (χ4n) is 1.51. The number of benzene rings is 1. The van der Waals surface area contributed by atoms with Crippen LogP contribution in [0.1, 0.15) is 23.7 Å². The van der Waals surface area contributed by atoms with Gasteiger partial charge in [-0.2, -0.15) is 0 Å². The molecule has 0 fully saturated rings. The van der Waals surface area contributed by atoms with Crippen LogP contribution < -0.4 is 10.1 Å². The number of halogens is 1. The molecule has 21 heavy (non-hydrogen) atoms. The van der Waals surface area contributed by atoms with Gasteiger partial charge in [0.15, 0.2) is 0 Å². The summed E-state index contributed by atoms with van der Waals surface area (Å²) in [6.07, 6.45) is 0.826. The van der Waals surface area contributed by atoms with E-state index in [1.165, 1.54) is 6.07 Å². The van der Waals surface area contributed by atoms with Crippen molar-refractivity contribution < 1.29 is 24.2 Å². The lowest BCUT2D eigenvalue weighted by Gasteiger charge is -2.11. The molecule has 1 aromatic carbocycles. The number of nitrogens with one attached hydrogen (secondary N) is 1. The molecule has 0 aliphatic rings. The zero-order chi connectivity index (χ0) is 15.7. The number of carbonyl (C=O) groups is 2. The first-order valence-corrected chi connectivity index (χ1v) is 6.92. The predicted octanol–water partition coefficient (Wildman–Crippen LogP) is 1.96. The van der Waals surface area contributed by atoms with Crippen molar-refractivity contribution in [3.63, 3.8) is 0 Å². The van der Waals surface area contributed by atoms with E-state index in [1.807, 2.05) is 6.92 Å². The second-order valence-electron chi connectivity index (χ2n) is 4.19. The van der Waals surface area contributed by atoms with Crippen molar-refractivity contribution in [2.24, 2.45) is 0 Å². The molecule has 0 saturated heterocycles. The Balaban J connectivity index is 2.55. The Morgan fingerprint density at radius 1 is 1.33 bits per heavy atom. The molecule has 0 atom stereocenters. The third-order valence-corrected chi connectivity index (χ3v) is 2.64. The van der Waals surface area contributed by atoms with Gasteiger partial charge in [0.1, 0.15) is 12.4 Å². The van der Waals surface area contributed by atoms with Crippen LogP contribution in [0.2, 0.25) is 5.02 Å². The third-order valence-electron chi connectivity index (χ3n) is 2.41. The second-order valence-corrected chi connectivity index (χ2v) is 4.63. The average molecular weight is 316 g/mol. The smallest absolute Gasteiger partial charge is 0.329 e. The molecule has 0 aliphatic carbocycles. The van der Waals surface area contributed by atoms with Gasteiger partial charge in [-0.25, -0.2) is 4.79 Å². The van der Waals surface area contributed by atoms with Crippen molar-refractivity contribution >= 4 is 23.5 Å². The SMILES string of the molecule is CCCOc1ccc(Cl)cc1C(=O)NCCOCC(=O)O. The molecular formula is C14H18ClNO5. The Hall–Kier alpha value is -1.79. The zero-order valence-electron chi connectivity index (χ0n) is 11.7. The first-order chi connectivity index (χ1) is 10.0. The fraction of sp³-hybridized carbons (Fsp3) is 0.429. The Kier molecular flexibility index (Phi) is 7.56. The molecule has 0 unspecified atom stereocenters. The summed E-state index contributed by atoms with van der Waals surface area (Å²) in [4.78, 5) is 22.3. The van der Waals surface area contributed by atoms with Crippen LogP contribution in [0.3, 0.4) is 0 Å². The monoisotopic (exact) mass is 315 g/mol. The van der Waals surface area contributed by atoms with Gasteiger partial charge in [-0.15, -0.1) is 0 Å². The molecule has 1 amide bonds. The Bertz CT molecular complexity index is 492. The molecule has 116 valence electrons. The third kappa shape index (κ3) is 6.46. The van der Waals surface area contributed by atoms with Crippen molar-refractivity contribution in [2.75, 3.05) is 26.4 Å². The molecule has 0 spiro atoms. The largest absolute Gasteiger partial charge is 0.493 e. The van der Waals surface area contributed by atoms with E-state index < -0.39 is 12.6 Å². The molecule has 0 aliphatic heterocycles. The van der Waals surface area contributed by atoms with Gasteiger partial charge in [-0.3, -0.25) is 4.79 Å². The summed E-state index contributed by atoms with van der Waals surface area (Å²) >= 11 is 5.89. The minimum Gasteiger partial charge on any atom is -0.493 e. The molecule has 0 heterocycles. The Morgan fingerprint density at radius 3 is 2.76 bits per heavy atom. The van der Waals surface area contributed by atoms with Crippen LogP contribution in [0.4, 0.5) is 0 Å². The summed E-state index contributed by atoms with van der Waals surface area (Å²) in [7, 11) is 0. The predicted molar refractivity (Wildman–Crippen MR) is 78.0 cm³/mol. The van der Waals surface area contributed by atoms with Gasteiger partial charge >= 0.3 is 5.97 Å². The normalized spacial score (nSPS) is 10.2. The topological polar surface area (TPSA) is 84.9 Å². The Labute approximate surface area is 128 Å². The summed E-state index contributed by atoms with van der Waals surface area (Å²) in [6.45, 7) is 2.40. The van der Waals surface area contributed by atoms with E-state index >= 15 is 0 Å². The van der Waals surface area contributed by atoms with Gasteiger partial charge in [0, 0.05) is 11.6 Å². The summed E-state index contributed by atoms with van der Waals surface area (Å²) in [5.74, 6) is -0.931. The van der Waals surface area contributed by atoms with E-state index in [1.54, 1.807) is 12.1 Å². The summed E-state index contributed by atoms with van der Waals surface area (Å²) in [5.41, 5.74) is 0.342. The number of hydrogen-bond acceptors (Lipinski definition) is 4. The van der Waals surface area contributed by atoms with Crippen LogP contribution in [0.15, 0.2) is 18.2 Å². The van der Waals surface area contributed by atoms with Gasteiger partial charge in [-0.1, -0.05) is 18.5 Å². The van der Waals surface area contributed by atoms with E-state index in [4.69, 9.17) is 26.2 Å². The van der Waals surface area contributed by atoms with Crippen LogP contribution in [-0.4, -0.2) is 43.3 Å². The fourth-order valence-corrected chi connectivity index (χ4v) is 1.68. The average Bonchev–Trinajstić information content (AvgIpc) is 2.45. The summed E-state index contributed by atoms with van der Waals surface area (Å²) < 4.78 is 10.3. The van der Waals surface area contributed by atoms with Crippen molar-refractivity contribution in [3.8, 4) is 5.75 Å². The molecule has 7 heteroatoms. The van der Waals surface area contributed by atoms with Gasteiger partial charge in [0.05, 0.1) is 18.8 Å². The number of rotatable bonds is 9. The minimum atomic E-state index is -1.05. The minimum absolute atomic E-state index is 0.115. The number of carbonyl (C=O) groups excluding carboxylic acids is 1. The highest BCUT2D eigenvalue weighted by Gasteiger charge is 2.13. The first kappa shape index (κ1) is 17.3. The lowest BCUT2D eigenvalue weighted by Crippen LogP contribution is -2.28. The number of aliphatic carboxylic acids is 1. The molecule has 0 saturated carbocycles. The molecule has 6 nitrogen and oxygen atoms in total. The molecular weight excluding hydrogens is 298 g/mol. The standard InChI is InChI=1S/C14H18ClNO5/c1-2-6-21-12-4-3-10(15)8-11(12)14(19)16-5-7-20-9-13(17)18/h3-4,8H,2,5-7,9H2,1H3,(H,16,19)(H,17,18). The van der Waals surface area contributed by atoms with Gasteiger partial charge in [-0.05, 0) is 24.6 Å². The molecule has 1 aromatic rings. The molecule has 2 N–H and O–H groups in total. The number of carboxylic acid groups (broad SMARTS) is 1. The van der Waals surface area contributed by atoms with Crippen LogP contribution in [-0.2, 0) is 9.53 Å². The van der Waals surface area contributed by atoms with Gasteiger partial charge in [0.2, 0.25) is 0 Å². The number of amides is 1. The summed E-state index contributed by atoms with van der Waals surface area (Å²) in [6, 6.07) is 4.83. The number of hydrogen-bond donors (Lipinski definition) is 2. The van der Waals surface area contributed by atoms with E-state index in [0.717, 1.165) is 6.42 Å². The van der Waals surface area contributed by atoms with Crippen molar-refractivity contribution in [2.45, 2.75) is 13.3 Å². The summed E-state index contributed by atoms with van der Waals surface area (Å²) in [5, 5.41) is 11.5. The van der Waals surface area contributed by atoms with E-state index in [-0.39, 0.29) is 19.1 Å². The van der Waals surface area contributed by atoms with Crippen molar-refractivity contribution in [1.82, 2.24) is 5.32 Å². The Morgan fingerprint density at radius 2 is 2.10 bits per heavy atom. The van der Waals surface area contributed by atoms with Crippen LogP contribution in [0.5, 0.6) is 5.75 Å². The zero-order valence-corrected chi connectivity index (χ0v) is 12.5. The highest BCUT2D eigenvalue weighted by atomic mass is 35.5. The van der Waals surface area contributed by atoms with Crippen LogP contribution in [0.25, 0.3) is 0 Å². The maximum atomic E-state index is 12.1. The lowest BCUT2D eigenvalue weighted by atomic mass is 10.2. The highest BCUT2D eigenvalue weighted by molar-refractivity contribution is 6.31. The molecule has 0 radical (unpaired) electrons. The maximum Gasteiger partial charge on any atom is 0.329 e. The van der Waals surface area contributed by atoms with Gasteiger partial charge < -0.3 is 19.9 Å². The quantitative estimate of drug-likeness (QED) is 0.680. The van der Waals surface area contributed by atoms with Crippen LogP contribution in [0, 0.1) is 0 Å². The van der Waals surface area contributed by atoms with E-state index in [9.17, 15) is 9.59 Å². The molecule has 0 bridgehead atoms. The lowest BCUT2D eigenvalue weighted by molar-refractivity contribution is -0.142. The van der Waals surface area contributed by atoms with E-state index in [2.05, 4.69) is 5.32 Å². The van der Waals surface area contributed by atoms with Crippen molar-refractivity contribution in [3.05, 3.63) is 28.8 Å². The molecule has 1 rings (SSSR count). The van der Waals surface area contributed by atoms with Crippen molar-refractivity contribution in [1.29, 1.82) is 0 Å². The highest BCUT2D eigenvalue weighted by Crippen LogP contribution is 2.23. The number of carboxylic acids is 1. The van der Waals surface area contributed by atoms with Crippen LogP contribution >= 0.6 is 11.6 Å². The number of ether oxygens (including phenoxy) is 2. The van der Waals surface area contributed by atoms with Gasteiger partial charge in [0.25, 0.3) is 5.91 Å². The first-order valence-electron chi connectivity index (χ1n) is 6.54. The molecule has 0 aromatic heterocycles.